The Bertz CT molecular complexity index is 389. The minimum atomic E-state index is 0.363. The number of likely N-dealkylation sites (tertiary alicyclic amines) is 1. The average Bonchev–Trinajstić information content (AvgIpc) is 2.96. The van der Waals surface area contributed by atoms with Gasteiger partial charge in [0.15, 0.2) is 0 Å². The fraction of sp³-hybridized carbons (Fsp3) is 0.765. The van der Waals surface area contributed by atoms with Crippen molar-refractivity contribution in [1.29, 1.82) is 0 Å². The summed E-state index contributed by atoms with van der Waals surface area (Å²) >= 11 is 0. The Hall–Kier alpha value is -1.32. The molecule has 4 heteroatoms. The van der Waals surface area contributed by atoms with Crippen molar-refractivity contribution in [3.05, 3.63) is 18.7 Å². The molecule has 1 fully saturated rings. The van der Waals surface area contributed by atoms with E-state index >= 15 is 0 Å². The molecule has 0 aromatic carbocycles. The van der Waals surface area contributed by atoms with E-state index in [1.165, 1.54) is 12.8 Å². The predicted molar refractivity (Wildman–Crippen MR) is 87.2 cm³/mol. The fourth-order valence-corrected chi connectivity index (χ4v) is 2.43. The third kappa shape index (κ3) is 5.90. The van der Waals surface area contributed by atoms with Crippen LogP contribution in [0.15, 0.2) is 18.7 Å². The summed E-state index contributed by atoms with van der Waals surface area (Å²) in [5.74, 6) is 0.363. The summed E-state index contributed by atoms with van der Waals surface area (Å²) in [4.78, 5) is 17.5. The number of aromatic nitrogens is 2. The molecule has 0 spiro atoms. The summed E-state index contributed by atoms with van der Waals surface area (Å²) in [7, 11) is 0. The fourth-order valence-electron chi connectivity index (χ4n) is 2.43. The van der Waals surface area contributed by atoms with Gasteiger partial charge in [0.2, 0.25) is 5.91 Å². The van der Waals surface area contributed by atoms with E-state index in [2.05, 4.69) is 37.2 Å². The van der Waals surface area contributed by atoms with Crippen molar-refractivity contribution in [2.24, 2.45) is 0 Å². The molecule has 1 aromatic rings. The molecule has 1 saturated heterocycles. The van der Waals surface area contributed by atoms with Crippen LogP contribution in [0.3, 0.4) is 0 Å². The van der Waals surface area contributed by atoms with Crippen molar-refractivity contribution in [2.75, 3.05) is 6.54 Å². The van der Waals surface area contributed by atoms with Crippen LogP contribution in [0.25, 0.3) is 0 Å². The number of imidazole rings is 1. The Morgan fingerprint density at radius 2 is 1.86 bits per heavy atom. The third-order valence-corrected chi connectivity index (χ3v) is 4.36. The van der Waals surface area contributed by atoms with Gasteiger partial charge in [0.1, 0.15) is 0 Å². The van der Waals surface area contributed by atoms with E-state index in [0.717, 1.165) is 32.2 Å². The first-order valence-electron chi connectivity index (χ1n) is 8.37. The molecule has 2 rings (SSSR count). The first-order chi connectivity index (χ1) is 10.1. The lowest BCUT2D eigenvalue weighted by atomic mass is 10.2. The van der Waals surface area contributed by atoms with Gasteiger partial charge in [0.05, 0.1) is 6.33 Å². The van der Waals surface area contributed by atoms with Gasteiger partial charge in [-0.1, -0.05) is 20.3 Å². The molecule has 120 valence electrons. The van der Waals surface area contributed by atoms with Crippen LogP contribution in [-0.2, 0) is 4.79 Å². The van der Waals surface area contributed by atoms with E-state index < -0.39 is 0 Å². The quantitative estimate of drug-likeness (QED) is 0.840. The van der Waals surface area contributed by atoms with E-state index in [0.29, 0.717) is 18.0 Å². The molecule has 4 nitrogen and oxygen atoms in total. The number of carbonyl (C=O) groups is 1. The maximum atomic E-state index is 11.5. The first-order valence-corrected chi connectivity index (χ1v) is 8.37. The van der Waals surface area contributed by atoms with Gasteiger partial charge in [0.25, 0.3) is 0 Å². The van der Waals surface area contributed by atoms with Gasteiger partial charge in [-0.3, -0.25) is 4.79 Å². The molecule has 2 atom stereocenters. The zero-order valence-electron chi connectivity index (χ0n) is 14.1. The summed E-state index contributed by atoms with van der Waals surface area (Å²) in [6, 6.07) is 1.03. The van der Waals surface area contributed by atoms with Crippen LogP contribution in [0, 0.1) is 0 Å². The van der Waals surface area contributed by atoms with Gasteiger partial charge in [-0.15, -0.1) is 0 Å². The molecule has 0 radical (unpaired) electrons. The summed E-state index contributed by atoms with van der Waals surface area (Å²) < 4.78 is 2.11. The molecule has 0 aliphatic carbocycles. The second-order valence-corrected chi connectivity index (χ2v) is 5.92. The molecular formula is C17H31N3O. The Labute approximate surface area is 129 Å². The highest BCUT2D eigenvalue weighted by atomic mass is 16.2. The lowest BCUT2D eigenvalue weighted by molar-refractivity contribution is -0.132. The summed E-state index contributed by atoms with van der Waals surface area (Å²) in [5.41, 5.74) is 0. The number of hydrogen-bond acceptors (Lipinski definition) is 2. The molecule has 0 bridgehead atoms. The minimum absolute atomic E-state index is 0.363. The molecule has 0 N–H and O–H groups in total. The summed E-state index contributed by atoms with van der Waals surface area (Å²) in [6.07, 6.45) is 12.2. The highest BCUT2D eigenvalue weighted by Crippen LogP contribution is 2.15. The number of hydrogen-bond donors (Lipinski definition) is 0. The van der Waals surface area contributed by atoms with Gasteiger partial charge in [-0.05, 0) is 39.5 Å². The SMILES string of the molecule is CCC(C)N1CCCCCC1=O.CCC(C)n1ccnc1. The molecular weight excluding hydrogens is 262 g/mol. The van der Waals surface area contributed by atoms with Crippen LogP contribution in [0.5, 0.6) is 0 Å². The molecule has 2 unspecified atom stereocenters. The van der Waals surface area contributed by atoms with E-state index in [4.69, 9.17) is 0 Å². The molecule has 1 aliphatic heterocycles. The van der Waals surface area contributed by atoms with Crippen LogP contribution >= 0.6 is 0 Å². The van der Waals surface area contributed by atoms with Crippen LogP contribution in [0.2, 0.25) is 0 Å². The monoisotopic (exact) mass is 293 g/mol. The van der Waals surface area contributed by atoms with Gasteiger partial charge in [-0.2, -0.15) is 0 Å². The van der Waals surface area contributed by atoms with E-state index in [-0.39, 0.29) is 0 Å². The third-order valence-electron chi connectivity index (χ3n) is 4.36. The summed E-state index contributed by atoms with van der Waals surface area (Å²) in [5, 5.41) is 0. The van der Waals surface area contributed by atoms with Gasteiger partial charge in [-0.25, -0.2) is 4.98 Å². The molecule has 2 heterocycles. The zero-order chi connectivity index (χ0) is 15.7. The first kappa shape index (κ1) is 17.7. The number of nitrogens with zero attached hydrogens (tertiary/aromatic N) is 3. The van der Waals surface area contributed by atoms with Crippen LogP contribution in [-0.4, -0.2) is 32.9 Å². The van der Waals surface area contributed by atoms with Crippen molar-refractivity contribution < 1.29 is 4.79 Å². The number of carbonyl (C=O) groups excluding carboxylic acids is 1. The Morgan fingerprint density at radius 3 is 2.43 bits per heavy atom. The Balaban J connectivity index is 0.000000219. The van der Waals surface area contributed by atoms with Crippen molar-refractivity contribution in [1.82, 2.24) is 14.5 Å². The van der Waals surface area contributed by atoms with Crippen LogP contribution in [0.4, 0.5) is 0 Å². The number of amides is 1. The second kappa shape index (κ2) is 9.59. The lowest BCUT2D eigenvalue weighted by Crippen LogP contribution is -2.37. The second-order valence-electron chi connectivity index (χ2n) is 5.92. The maximum Gasteiger partial charge on any atom is 0.222 e. The normalized spacial score (nSPS) is 18.5. The van der Waals surface area contributed by atoms with Crippen LogP contribution in [0.1, 0.15) is 72.3 Å². The van der Waals surface area contributed by atoms with Gasteiger partial charge >= 0.3 is 0 Å². The van der Waals surface area contributed by atoms with Crippen LogP contribution < -0.4 is 0 Å². The lowest BCUT2D eigenvalue weighted by Gasteiger charge is -2.26. The number of rotatable bonds is 4. The van der Waals surface area contributed by atoms with E-state index in [9.17, 15) is 4.79 Å². The largest absolute Gasteiger partial charge is 0.340 e. The highest BCUT2D eigenvalue weighted by molar-refractivity contribution is 5.76. The van der Waals surface area contributed by atoms with E-state index in [1.807, 2.05) is 23.6 Å². The molecule has 1 aromatic heterocycles. The van der Waals surface area contributed by atoms with Crippen molar-refractivity contribution in [3.63, 3.8) is 0 Å². The minimum Gasteiger partial charge on any atom is -0.340 e. The molecule has 1 aliphatic rings. The average molecular weight is 293 g/mol. The maximum absolute atomic E-state index is 11.5. The summed E-state index contributed by atoms with van der Waals surface area (Å²) in [6.45, 7) is 9.62. The zero-order valence-corrected chi connectivity index (χ0v) is 14.1. The Morgan fingerprint density at radius 1 is 1.14 bits per heavy atom. The Kier molecular flexibility index (Phi) is 8.09. The van der Waals surface area contributed by atoms with Gasteiger partial charge < -0.3 is 9.47 Å². The highest BCUT2D eigenvalue weighted by Gasteiger charge is 2.19. The topological polar surface area (TPSA) is 38.1 Å². The standard InChI is InChI=1S/C10H19NO.C7H12N2/c1-3-9(2)11-8-6-4-5-7-10(11)12;1-3-7(2)9-5-4-8-6-9/h9H,3-8H2,1-2H3;4-7H,3H2,1-2H3. The smallest absolute Gasteiger partial charge is 0.222 e. The van der Waals surface area contributed by atoms with Crippen molar-refractivity contribution in [3.8, 4) is 0 Å². The van der Waals surface area contributed by atoms with Crippen molar-refractivity contribution in [2.45, 2.75) is 78.3 Å². The predicted octanol–water partition coefficient (Wildman–Crippen LogP) is 4.04. The molecule has 1 amide bonds. The molecule has 21 heavy (non-hydrogen) atoms. The molecule has 0 saturated carbocycles. The van der Waals surface area contributed by atoms with E-state index in [1.54, 1.807) is 0 Å². The van der Waals surface area contributed by atoms with Gasteiger partial charge in [0, 0.05) is 37.4 Å². The van der Waals surface area contributed by atoms with Crippen molar-refractivity contribution >= 4 is 5.91 Å².